The van der Waals surface area contributed by atoms with Gasteiger partial charge in [-0.3, -0.25) is 0 Å². The predicted octanol–water partition coefficient (Wildman–Crippen LogP) is 11.1. The van der Waals surface area contributed by atoms with Crippen molar-refractivity contribution >= 4 is 17.1 Å². The SMILES string of the molecule is Cc1ccc(-c2ccc(N(c3ccccc3)c3cccc(-c4ccccc4)c3)cc2)cc1.Cc1cccc(C)c1. The number of rotatable bonds is 5. The molecule has 0 unspecified atom stereocenters. The van der Waals surface area contributed by atoms with Crippen LogP contribution >= 0.6 is 0 Å². The van der Waals surface area contributed by atoms with Crippen LogP contribution in [0.3, 0.4) is 0 Å². The summed E-state index contributed by atoms with van der Waals surface area (Å²) in [7, 11) is 0. The third kappa shape index (κ3) is 6.76. The maximum atomic E-state index is 2.31. The Labute approximate surface area is 239 Å². The lowest BCUT2D eigenvalue weighted by molar-refractivity contribution is 1.28. The average molecular weight is 518 g/mol. The molecule has 0 radical (unpaired) electrons. The van der Waals surface area contributed by atoms with E-state index in [4.69, 9.17) is 0 Å². The first-order valence-corrected chi connectivity index (χ1v) is 13.8. The smallest absolute Gasteiger partial charge is 0.0467 e. The van der Waals surface area contributed by atoms with Gasteiger partial charge in [-0.05, 0) is 79.4 Å². The number of nitrogens with zero attached hydrogens (tertiary/aromatic N) is 1. The van der Waals surface area contributed by atoms with Gasteiger partial charge in [0.15, 0.2) is 0 Å². The molecule has 1 heteroatoms. The minimum Gasteiger partial charge on any atom is -0.310 e. The second-order valence-electron chi connectivity index (χ2n) is 10.2. The van der Waals surface area contributed by atoms with Crippen LogP contribution in [0, 0.1) is 20.8 Å². The highest BCUT2D eigenvalue weighted by Gasteiger charge is 2.13. The molecule has 0 aromatic heterocycles. The molecule has 196 valence electrons. The van der Waals surface area contributed by atoms with Crippen LogP contribution in [0.2, 0.25) is 0 Å². The van der Waals surface area contributed by atoms with E-state index >= 15 is 0 Å². The Hall–Kier alpha value is -4.88. The molecule has 40 heavy (non-hydrogen) atoms. The van der Waals surface area contributed by atoms with Crippen molar-refractivity contribution in [1.82, 2.24) is 0 Å². The van der Waals surface area contributed by atoms with Crippen LogP contribution in [0.5, 0.6) is 0 Å². The number of aryl methyl sites for hydroxylation is 3. The van der Waals surface area contributed by atoms with Crippen molar-refractivity contribution in [1.29, 1.82) is 0 Å². The Kier molecular flexibility index (Phi) is 8.53. The summed E-state index contributed by atoms with van der Waals surface area (Å²) in [5.41, 5.74) is 12.3. The summed E-state index contributed by atoms with van der Waals surface area (Å²) in [6, 6.07) is 55.8. The highest BCUT2D eigenvalue weighted by Crippen LogP contribution is 2.37. The molecule has 6 aromatic rings. The molecule has 0 heterocycles. The largest absolute Gasteiger partial charge is 0.310 e. The summed E-state index contributed by atoms with van der Waals surface area (Å²) in [6.07, 6.45) is 0. The number of benzene rings is 6. The quantitative estimate of drug-likeness (QED) is 0.220. The molecule has 0 saturated carbocycles. The maximum absolute atomic E-state index is 2.31. The van der Waals surface area contributed by atoms with Crippen LogP contribution in [-0.4, -0.2) is 0 Å². The molecular weight excluding hydrogens is 482 g/mol. The van der Waals surface area contributed by atoms with Crippen LogP contribution in [0.4, 0.5) is 17.1 Å². The van der Waals surface area contributed by atoms with E-state index in [0.29, 0.717) is 0 Å². The molecule has 6 aromatic carbocycles. The van der Waals surface area contributed by atoms with Gasteiger partial charge in [0.2, 0.25) is 0 Å². The Balaban J connectivity index is 0.000000348. The van der Waals surface area contributed by atoms with Crippen LogP contribution in [0.15, 0.2) is 158 Å². The lowest BCUT2D eigenvalue weighted by Crippen LogP contribution is -2.09. The van der Waals surface area contributed by atoms with Gasteiger partial charge >= 0.3 is 0 Å². The van der Waals surface area contributed by atoms with Gasteiger partial charge in [-0.25, -0.2) is 0 Å². The Bertz CT molecular complexity index is 1620. The number of anilines is 3. The van der Waals surface area contributed by atoms with Gasteiger partial charge < -0.3 is 4.90 Å². The van der Waals surface area contributed by atoms with E-state index in [1.807, 2.05) is 0 Å². The van der Waals surface area contributed by atoms with E-state index in [1.54, 1.807) is 0 Å². The number of hydrogen-bond acceptors (Lipinski definition) is 1. The fourth-order valence-corrected chi connectivity index (χ4v) is 4.84. The van der Waals surface area contributed by atoms with Crippen molar-refractivity contribution in [3.8, 4) is 22.3 Å². The fraction of sp³-hybridized carbons (Fsp3) is 0.0769. The second kappa shape index (κ2) is 12.8. The number of para-hydroxylation sites is 1. The molecule has 0 amide bonds. The van der Waals surface area contributed by atoms with Gasteiger partial charge in [0.05, 0.1) is 0 Å². The first-order chi connectivity index (χ1) is 19.6. The van der Waals surface area contributed by atoms with Crippen LogP contribution in [0.25, 0.3) is 22.3 Å². The van der Waals surface area contributed by atoms with Crippen LogP contribution in [0.1, 0.15) is 16.7 Å². The van der Waals surface area contributed by atoms with Crippen molar-refractivity contribution in [3.63, 3.8) is 0 Å². The van der Waals surface area contributed by atoms with Gasteiger partial charge in [0.25, 0.3) is 0 Å². The average Bonchev–Trinajstić information content (AvgIpc) is 3.00. The topological polar surface area (TPSA) is 3.24 Å². The second-order valence-corrected chi connectivity index (χ2v) is 10.2. The van der Waals surface area contributed by atoms with Crippen molar-refractivity contribution < 1.29 is 0 Å². The maximum Gasteiger partial charge on any atom is 0.0467 e. The molecule has 0 saturated heterocycles. The zero-order chi connectivity index (χ0) is 27.7. The lowest BCUT2D eigenvalue weighted by Gasteiger charge is -2.26. The molecule has 0 spiro atoms. The van der Waals surface area contributed by atoms with Gasteiger partial charge in [-0.15, -0.1) is 0 Å². The van der Waals surface area contributed by atoms with Gasteiger partial charge in [-0.1, -0.05) is 138 Å². The van der Waals surface area contributed by atoms with Crippen molar-refractivity contribution in [3.05, 3.63) is 174 Å². The van der Waals surface area contributed by atoms with Crippen molar-refractivity contribution in [2.45, 2.75) is 20.8 Å². The fourth-order valence-electron chi connectivity index (χ4n) is 4.84. The molecule has 0 fully saturated rings. The monoisotopic (exact) mass is 517 g/mol. The Morgan fingerprint density at radius 3 is 1.32 bits per heavy atom. The van der Waals surface area contributed by atoms with E-state index in [-0.39, 0.29) is 0 Å². The molecule has 0 atom stereocenters. The van der Waals surface area contributed by atoms with Crippen molar-refractivity contribution in [2.75, 3.05) is 4.90 Å². The van der Waals surface area contributed by atoms with E-state index in [1.165, 1.54) is 38.9 Å². The molecule has 0 aliphatic heterocycles. The molecule has 6 rings (SSSR count). The molecule has 0 aliphatic carbocycles. The van der Waals surface area contributed by atoms with E-state index in [2.05, 4.69) is 183 Å². The molecule has 0 aliphatic rings. The predicted molar refractivity (Wildman–Crippen MR) is 173 cm³/mol. The third-order valence-corrected chi connectivity index (χ3v) is 6.91. The minimum absolute atomic E-state index is 1.14. The molecule has 0 N–H and O–H groups in total. The summed E-state index contributed by atoms with van der Waals surface area (Å²) in [6.45, 7) is 6.33. The third-order valence-electron chi connectivity index (χ3n) is 6.91. The Morgan fingerprint density at radius 1 is 0.300 bits per heavy atom. The summed E-state index contributed by atoms with van der Waals surface area (Å²) in [4.78, 5) is 2.31. The summed E-state index contributed by atoms with van der Waals surface area (Å²) >= 11 is 0. The molecule has 0 bridgehead atoms. The highest BCUT2D eigenvalue weighted by molar-refractivity contribution is 5.81. The number of hydrogen-bond donors (Lipinski definition) is 0. The summed E-state index contributed by atoms with van der Waals surface area (Å²) < 4.78 is 0. The molecular formula is C39H35N. The van der Waals surface area contributed by atoms with Gasteiger partial charge in [-0.2, -0.15) is 0 Å². The lowest BCUT2D eigenvalue weighted by atomic mass is 10.0. The minimum atomic E-state index is 1.14. The first-order valence-electron chi connectivity index (χ1n) is 13.8. The Morgan fingerprint density at radius 2 is 0.750 bits per heavy atom. The standard InChI is InChI=1S/C31H25N.C8H10/c1-24-15-17-26(18-16-24)27-19-21-30(22-20-27)32(29-12-6-3-7-13-29)31-14-8-11-28(23-31)25-9-4-2-5-10-25;1-7-4-3-5-8(2)6-7/h2-23H,1H3;3-6H,1-2H3. The van der Waals surface area contributed by atoms with E-state index in [0.717, 1.165) is 17.1 Å². The van der Waals surface area contributed by atoms with Gasteiger partial charge in [0, 0.05) is 17.1 Å². The van der Waals surface area contributed by atoms with Crippen molar-refractivity contribution in [2.24, 2.45) is 0 Å². The summed E-state index contributed by atoms with van der Waals surface area (Å²) in [5, 5.41) is 0. The summed E-state index contributed by atoms with van der Waals surface area (Å²) in [5.74, 6) is 0. The normalized spacial score (nSPS) is 10.4. The molecule has 1 nitrogen and oxygen atoms in total. The first kappa shape index (κ1) is 26.7. The van der Waals surface area contributed by atoms with Crippen LogP contribution < -0.4 is 4.90 Å². The van der Waals surface area contributed by atoms with E-state index in [9.17, 15) is 0 Å². The highest BCUT2D eigenvalue weighted by atomic mass is 15.1. The van der Waals surface area contributed by atoms with E-state index < -0.39 is 0 Å². The zero-order valence-corrected chi connectivity index (χ0v) is 23.5. The zero-order valence-electron chi connectivity index (χ0n) is 23.5. The van der Waals surface area contributed by atoms with Gasteiger partial charge in [0.1, 0.15) is 0 Å². The van der Waals surface area contributed by atoms with Crippen LogP contribution in [-0.2, 0) is 0 Å².